The van der Waals surface area contributed by atoms with E-state index in [1.54, 1.807) is 20.8 Å². The van der Waals surface area contributed by atoms with Crippen molar-refractivity contribution in [3.63, 3.8) is 0 Å². The van der Waals surface area contributed by atoms with Gasteiger partial charge in [-0.25, -0.2) is 4.39 Å². The fourth-order valence-corrected chi connectivity index (χ4v) is 0.891. The lowest BCUT2D eigenvalue weighted by atomic mass is 9.87. The third-order valence-corrected chi connectivity index (χ3v) is 2.32. The van der Waals surface area contributed by atoms with Crippen molar-refractivity contribution in [3.8, 4) is 0 Å². The average Bonchev–Trinajstić information content (AvgIpc) is 1.84. The van der Waals surface area contributed by atoms with E-state index in [1.165, 1.54) is 13.8 Å². The molecule has 0 saturated carbocycles. The van der Waals surface area contributed by atoms with E-state index in [1.807, 2.05) is 0 Å². The first kappa shape index (κ1) is 11.4. The number of esters is 1. The number of ether oxygens (including phenoxy) is 1. The van der Waals surface area contributed by atoms with Crippen molar-refractivity contribution in [2.24, 2.45) is 0 Å². The molecule has 0 aliphatic heterocycles. The summed E-state index contributed by atoms with van der Waals surface area (Å²) in [6.45, 7) is 7.62. The molecule has 1 unspecified atom stereocenters. The molecule has 12 heavy (non-hydrogen) atoms. The van der Waals surface area contributed by atoms with Crippen LogP contribution in [0.15, 0.2) is 0 Å². The number of halogens is 1. The van der Waals surface area contributed by atoms with Gasteiger partial charge in [0.1, 0.15) is 11.3 Å². The molecule has 0 aliphatic carbocycles. The molecular weight excluding hydrogens is 159 g/mol. The molecule has 0 aromatic heterocycles. The van der Waals surface area contributed by atoms with Crippen LogP contribution in [0.4, 0.5) is 4.39 Å². The van der Waals surface area contributed by atoms with E-state index in [4.69, 9.17) is 4.74 Å². The number of rotatable bonds is 3. The van der Waals surface area contributed by atoms with Gasteiger partial charge in [0.25, 0.3) is 0 Å². The molecule has 0 aromatic carbocycles. The minimum atomic E-state index is -1.47. The standard InChI is InChI=1S/C9H17FO2/c1-6-9(5,10)8(3,4)12-7(2)11/h6H2,1-5H3. The van der Waals surface area contributed by atoms with Crippen LogP contribution in [0.1, 0.15) is 41.0 Å². The Hall–Kier alpha value is -0.600. The normalized spacial score (nSPS) is 16.8. The molecule has 0 rings (SSSR count). The van der Waals surface area contributed by atoms with Crippen LogP contribution < -0.4 is 0 Å². The van der Waals surface area contributed by atoms with Crippen LogP contribution in [0.5, 0.6) is 0 Å². The maximum absolute atomic E-state index is 13.7. The smallest absolute Gasteiger partial charge is 0.303 e. The van der Waals surface area contributed by atoms with Crippen LogP contribution in [0, 0.1) is 0 Å². The van der Waals surface area contributed by atoms with Gasteiger partial charge < -0.3 is 4.74 Å². The summed E-state index contributed by atoms with van der Waals surface area (Å²) in [4.78, 5) is 10.6. The van der Waals surface area contributed by atoms with E-state index >= 15 is 0 Å². The van der Waals surface area contributed by atoms with Crippen LogP contribution in [0.25, 0.3) is 0 Å². The van der Waals surface area contributed by atoms with E-state index in [2.05, 4.69) is 0 Å². The average molecular weight is 176 g/mol. The molecule has 0 N–H and O–H groups in total. The molecule has 0 aromatic rings. The third-order valence-electron chi connectivity index (χ3n) is 2.32. The van der Waals surface area contributed by atoms with E-state index in [9.17, 15) is 9.18 Å². The van der Waals surface area contributed by atoms with E-state index < -0.39 is 17.2 Å². The first-order chi connectivity index (χ1) is 5.23. The summed E-state index contributed by atoms with van der Waals surface area (Å²) < 4.78 is 18.6. The van der Waals surface area contributed by atoms with Gasteiger partial charge in [0, 0.05) is 6.92 Å². The highest BCUT2D eigenvalue weighted by molar-refractivity contribution is 5.66. The lowest BCUT2D eigenvalue weighted by Crippen LogP contribution is -2.46. The molecule has 0 fully saturated rings. The predicted molar refractivity (Wildman–Crippen MR) is 45.6 cm³/mol. The van der Waals surface area contributed by atoms with E-state index in [0.29, 0.717) is 6.42 Å². The largest absolute Gasteiger partial charge is 0.456 e. The molecule has 0 heterocycles. The van der Waals surface area contributed by atoms with Crippen molar-refractivity contribution in [2.75, 3.05) is 0 Å². The van der Waals surface area contributed by atoms with Crippen molar-refractivity contribution in [3.05, 3.63) is 0 Å². The van der Waals surface area contributed by atoms with Gasteiger partial charge in [0.2, 0.25) is 0 Å². The molecule has 0 saturated heterocycles. The molecule has 3 heteroatoms. The van der Waals surface area contributed by atoms with Gasteiger partial charge in [-0.1, -0.05) is 6.92 Å². The van der Waals surface area contributed by atoms with Gasteiger partial charge in [0.15, 0.2) is 0 Å². The Bertz CT molecular complexity index is 173. The molecule has 0 bridgehead atoms. The minimum absolute atomic E-state index is 0.327. The minimum Gasteiger partial charge on any atom is -0.456 e. The van der Waals surface area contributed by atoms with Crippen LogP contribution in [0.3, 0.4) is 0 Å². The maximum atomic E-state index is 13.7. The van der Waals surface area contributed by atoms with Gasteiger partial charge in [-0.2, -0.15) is 0 Å². The molecular formula is C9H17FO2. The maximum Gasteiger partial charge on any atom is 0.303 e. The second-order valence-corrected chi connectivity index (χ2v) is 3.65. The number of hydrogen-bond donors (Lipinski definition) is 0. The quantitative estimate of drug-likeness (QED) is 0.617. The number of alkyl halides is 1. The molecule has 1 atom stereocenters. The van der Waals surface area contributed by atoms with Crippen LogP contribution in [-0.2, 0) is 9.53 Å². The highest BCUT2D eigenvalue weighted by Gasteiger charge is 2.42. The summed E-state index contributed by atoms with van der Waals surface area (Å²) in [5, 5.41) is 0. The summed E-state index contributed by atoms with van der Waals surface area (Å²) in [5.74, 6) is -0.447. The molecule has 2 nitrogen and oxygen atoms in total. The Labute approximate surface area is 73.1 Å². The van der Waals surface area contributed by atoms with Gasteiger partial charge in [-0.15, -0.1) is 0 Å². The highest BCUT2D eigenvalue weighted by atomic mass is 19.1. The number of carbonyl (C=O) groups is 1. The zero-order valence-electron chi connectivity index (χ0n) is 8.40. The van der Waals surface area contributed by atoms with Gasteiger partial charge >= 0.3 is 5.97 Å². The first-order valence-corrected chi connectivity index (χ1v) is 4.11. The van der Waals surface area contributed by atoms with Gasteiger partial charge in [-0.3, -0.25) is 4.79 Å². The molecule has 0 amide bonds. The van der Waals surface area contributed by atoms with Crippen molar-refractivity contribution in [2.45, 2.75) is 52.3 Å². The Morgan fingerprint density at radius 3 is 2.08 bits per heavy atom. The topological polar surface area (TPSA) is 26.3 Å². The van der Waals surface area contributed by atoms with Crippen LogP contribution in [-0.4, -0.2) is 17.2 Å². The Morgan fingerprint density at radius 2 is 1.83 bits per heavy atom. The SMILES string of the molecule is CCC(C)(F)C(C)(C)OC(C)=O. The summed E-state index contributed by atoms with van der Waals surface area (Å²) in [6, 6.07) is 0. The first-order valence-electron chi connectivity index (χ1n) is 4.11. The van der Waals surface area contributed by atoms with Crippen molar-refractivity contribution >= 4 is 5.97 Å². The summed E-state index contributed by atoms with van der Waals surface area (Å²) in [7, 11) is 0. The second kappa shape index (κ2) is 3.42. The molecule has 0 radical (unpaired) electrons. The second-order valence-electron chi connectivity index (χ2n) is 3.65. The highest BCUT2D eigenvalue weighted by Crippen LogP contribution is 2.32. The van der Waals surface area contributed by atoms with Crippen molar-refractivity contribution < 1.29 is 13.9 Å². The molecule has 72 valence electrons. The molecule has 0 aliphatic rings. The summed E-state index contributed by atoms with van der Waals surface area (Å²) >= 11 is 0. The van der Waals surface area contributed by atoms with Crippen molar-refractivity contribution in [1.29, 1.82) is 0 Å². The van der Waals surface area contributed by atoms with E-state index in [0.717, 1.165) is 0 Å². The van der Waals surface area contributed by atoms with Crippen molar-refractivity contribution in [1.82, 2.24) is 0 Å². The van der Waals surface area contributed by atoms with E-state index in [-0.39, 0.29) is 0 Å². The zero-order valence-corrected chi connectivity index (χ0v) is 8.40. The van der Waals surface area contributed by atoms with Gasteiger partial charge in [-0.05, 0) is 27.2 Å². The van der Waals surface area contributed by atoms with Crippen LogP contribution in [0.2, 0.25) is 0 Å². The Kier molecular flexibility index (Phi) is 3.25. The number of hydrogen-bond acceptors (Lipinski definition) is 2. The Balaban J connectivity index is 4.48. The number of carbonyl (C=O) groups excluding carboxylic acids is 1. The Morgan fingerprint density at radius 1 is 1.42 bits per heavy atom. The monoisotopic (exact) mass is 176 g/mol. The lowest BCUT2D eigenvalue weighted by molar-refractivity contribution is -0.169. The fraction of sp³-hybridized carbons (Fsp3) is 0.889. The predicted octanol–water partition coefficient (Wildman–Crippen LogP) is 2.47. The lowest BCUT2D eigenvalue weighted by Gasteiger charge is -2.36. The third kappa shape index (κ3) is 2.47. The van der Waals surface area contributed by atoms with Gasteiger partial charge in [0.05, 0.1) is 0 Å². The zero-order chi connectivity index (χ0) is 9.99. The summed E-state index contributed by atoms with van der Waals surface area (Å²) in [5.41, 5.74) is -2.52. The van der Waals surface area contributed by atoms with Crippen LogP contribution >= 0.6 is 0 Å². The fourth-order valence-electron chi connectivity index (χ4n) is 0.891. The summed E-state index contributed by atoms with van der Waals surface area (Å²) in [6.07, 6.45) is 0.327. The molecule has 0 spiro atoms.